The maximum absolute atomic E-state index is 13.8. The Hall–Kier alpha value is -3.48. The van der Waals surface area contributed by atoms with Crippen molar-refractivity contribution in [3.63, 3.8) is 0 Å². The summed E-state index contributed by atoms with van der Waals surface area (Å²) in [6, 6.07) is 12.7. The molecular weight excluding hydrogens is 361 g/mol. The average molecular weight is 379 g/mol. The third-order valence-corrected chi connectivity index (χ3v) is 4.57. The number of fused-ring (bicyclic) bond motifs is 1. The predicted octanol–water partition coefficient (Wildman–Crippen LogP) is 2.27. The van der Waals surface area contributed by atoms with Crippen LogP contribution >= 0.6 is 0 Å². The van der Waals surface area contributed by atoms with Gasteiger partial charge in [-0.3, -0.25) is 14.6 Å². The van der Waals surface area contributed by atoms with E-state index >= 15 is 0 Å². The molecule has 0 spiro atoms. The van der Waals surface area contributed by atoms with Crippen LogP contribution in [0.1, 0.15) is 5.56 Å². The summed E-state index contributed by atoms with van der Waals surface area (Å²) in [4.78, 5) is 29.1. The van der Waals surface area contributed by atoms with Crippen LogP contribution in [-0.2, 0) is 16.0 Å². The van der Waals surface area contributed by atoms with Crippen LogP contribution in [0, 0.1) is 5.82 Å². The second kappa shape index (κ2) is 7.64. The Balaban J connectivity index is 1.40. The van der Waals surface area contributed by atoms with Crippen molar-refractivity contribution >= 4 is 23.2 Å². The van der Waals surface area contributed by atoms with E-state index in [2.05, 4.69) is 15.6 Å². The lowest BCUT2D eigenvalue weighted by Crippen LogP contribution is -2.48. The summed E-state index contributed by atoms with van der Waals surface area (Å²) in [7, 11) is 0. The number of hydrogen-bond donors (Lipinski definition) is 2. The molecule has 0 aliphatic carbocycles. The van der Waals surface area contributed by atoms with E-state index < -0.39 is 11.9 Å². The van der Waals surface area contributed by atoms with E-state index in [-0.39, 0.29) is 24.0 Å². The molecule has 0 aromatic heterocycles. The first-order chi connectivity index (χ1) is 13.6. The van der Waals surface area contributed by atoms with E-state index in [1.165, 1.54) is 6.07 Å². The maximum Gasteiger partial charge on any atom is 0.270 e. The number of para-hydroxylation sites is 2. The minimum absolute atomic E-state index is 0.0215. The summed E-state index contributed by atoms with van der Waals surface area (Å²) in [6.07, 6.45) is 2.03. The van der Waals surface area contributed by atoms with Gasteiger partial charge >= 0.3 is 0 Å². The highest BCUT2D eigenvalue weighted by Gasteiger charge is 2.28. The predicted molar refractivity (Wildman–Crippen MR) is 103 cm³/mol. The first-order valence-corrected chi connectivity index (χ1v) is 8.91. The van der Waals surface area contributed by atoms with Gasteiger partial charge in [-0.15, -0.1) is 0 Å². The zero-order valence-corrected chi connectivity index (χ0v) is 14.9. The summed E-state index contributed by atoms with van der Waals surface area (Å²) in [5, 5.41) is 5.40. The third kappa shape index (κ3) is 3.78. The summed E-state index contributed by atoms with van der Waals surface area (Å²) in [6.45, 7) is 0.351. The smallest absolute Gasteiger partial charge is 0.270 e. The number of halogens is 1. The lowest BCUT2D eigenvalue weighted by molar-refractivity contribution is -0.123. The fourth-order valence-electron chi connectivity index (χ4n) is 3.11. The molecule has 0 fully saturated rings. The van der Waals surface area contributed by atoms with Crippen molar-refractivity contribution in [2.75, 3.05) is 18.5 Å². The van der Waals surface area contributed by atoms with E-state index in [1.807, 2.05) is 0 Å². The summed E-state index contributed by atoms with van der Waals surface area (Å²) in [5.74, 6) is -0.545. The van der Waals surface area contributed by atoms with Crippen LogP contribution in [0.5, 0.6) is 5.75 Å². The minimum atomic E-state index is -0.841. The molecular formula is C21H18FN3O3. The molecule has 0 saturated heterocycles. The second-order valence-corrected chi connectivity index (χ2v) is 6.59. The van der Waals surface area contributed by atoms with E-state index in [0.29, 0.717) is 30.0 Å². The van der Waals surface area contributed by atoms with Gasteiger partial charge in [-0.2, -0.15) is 0 Å². The maximum atomic E-state index is 13.8. The Kier molecular flexibility index (Phi) is 4.89. The van der Waals surface area contributed by atoms with Gasteiger partial charge in [-0.1, -0.05) is 30.3 Å². The molecule has 6 nitrogen and oxygen atoms in total. The highest BCUT2D eigenvalue weighted by molar-refractivity contribution is 6.44. The van der Waals surface area contributed by atoms with Gasteiger partial charge in [0.15, 0.2) is 0 Å². The number of carbonyl (C=O) groups excluding carboxylic acids is 2. The summed E-state index contributed by atoms with van der Waals surface area (Å²) < 4.78 is 19.4. The van der Waals surface area contributed by atoms with Gasteiger partial charge < -0.3 is 15.4 Å². The van der Waals surface area contributed by atoms with E-state index in [4.69, 9.17) is 4.74 Å². The number of anilines is 1. The second-order valence-electron chi connectivity index (χ2n) is 6.59. The topological polar surface area (TPSA) is 79.8 Å². The molecule has 2 aromatic carbocycles. The average Bonchev–Trinajstić information content (AvgIpc) is 3.10. The van der Waals surface area contributed by atoms with Gasteiger partial charge in [0.05, 0.1) is 12.2 Å². The molecule has 142 valence electrons. The lowest BCUT2D eigenvalue weighted by atomic mass is 10.0. The highest BCUT2D eigenvalue weighted by Crippen LogP contribution is 2.26. The fourth-order valence-corrected chi connectivity index (χ4v) is 3.11. The molecule has 28 heavy (non-hydrogen) atoms. The molecule has 0 saturated carbocycles. The zero-order valence-electron chi connectivity index (χ0n) is 14.9. The molecule has 2 heterocycles. The quantitative estimate of drug-likeness (QED) is 0.855. The molecule has 7 heteroatoms. The first kappa shape index (κ1) is 17.9. The van der Waals surface area contributed by atoms with Crippen LogP contribution in [0.15, 0.2) is 65.2 Å². The number of ether oxygens (including phenoxy) is 1. The molecule has 0 bridgehead atoms. The Morgan fingerprint density at radius 3 is 2.86 bits per heavy atom. The van der Waals surface area contributed by atoms with Crippen LogP contribution in [0.3, 0.4) is 0 Å². The molecule has 2 aliphatic rings. The van der Waals surface area contributed by atoms with Crippen LogP contribution < -0.4 is 15.4 Å². The number of benzene rings is 2. The van der Waals surface area contributed by atoms with Crippen molar-refractivity contribution in [3.8, 4) is 5.75 Å². The van der Waals surface area contributed by atoms with Crippen molar-refractivity contribution in [1.82, 2.24) is 5.32 Å². The van der Waals surface area contributed by atoms with Crippen molar-refractivity contribution in [2.45, 2.75) is 12.5 Å². The van der Waals surface area contributed by atoms with E-state index in [9.17, 15) is 14.0 Å². The van der Waals surface area contributed by atoms with Gasteiger partial charge in [-0.25, -0.2) is 4.39 Å². The van der Waals surface area contributed by atoms with Crippen LogP contribution in [0.2, 0.25) is 0 Å². The Morgan fingerprint density at radius 1 is 1.21 bits per heavy atom. The van der Waals surface area contributed by atoms with Gasteiger partial charge in [0.2, 0.25) is 0 Å². The molecule has 2 aromatic rings. The van der Waals surface area contributed by atoms with Gasteiger partial charge in [-0.05, 0) is 41.8 Å². The molecule has 2 aliphatic heterocycles. The fraction of sp³-hybridized carbons (Fsp3) is 0.190. The molecule has 0 radical (unpaired) electrons. The standard InChI is InChI=1S/C21H18FN3O3/c22-15-6-2-1-5-14(15)9-13-10-17(23-11-13)20(26)25-18-12-28-19-8-4-3-7-16(19)24-21(18)27/h1-8,10,18H,9,11-12H2,(H,24,27)(H,25,26)/t18-/m0/s1. The Bertz CT molecular complexity index is 1000. The normalized spacial score (nSPS) is 18.2. The van der Waals surface area contributed by atoms with Gasteiger partial charge in [0, 0.05) is 0 Å². The van der Waals surface area contributed by atoms with Crippen LogP contribution in [0.4, 0.5) is 10.1 Å². The van der Waals surface area contributed by atoms with Crippen molar-refractivity contribution in [2.24, 2.45) is 4.99 Å². The number of carbonyl (C=O) groups is 2. The first-order valence-electron chi connectivity index (χ1n) is 8.91. The Labute approximate surface area is 161 Å². The number of nitrogens with one attached hydrogen (secondary N) is 2. The van der Waals surface area contributed by atoms with Crippen molar-refractivity contribution in [3.05, 3.63) is 71.6 Å². The van der Waals surface area contributed by atoms with Crippen molar-refractivity contribution < 1.29 is 18.7 Å². The molecule has 4 rings (SSSR count). The molecule has 2 N–H and O–H groups in total. The summed E-state index contributed by atoms with van der Waals surface area (Å²) in [5.41, 5.74) is 2.18. The van der Waals surface area contributed by atoms with Crippen molar-refractivity contribution in [1.29, 1.82) is 0 Å². The minimum Gasteiger partial charge on any atom is -0.489 e. The van der Waals surface area contributed by atoms with Crippen LogP contribution in [0.25, 0.3) is 0 Å². The molecule has 1 atom stereocenters. The number of rotatable bonds is 4. The van der Waals surface area contributed by atoms with Crippen LogP contribution in [-0.4, -0.2) is 36.7 Å². The monoisotopic (exact) mass is 379 g/mol. The lowest BCUT2D eigenvalue weighted by Gasteiger charge is -2.14. The summed E-state index contributed by atoms with van der Waals surface area (Å²) >= 11 is 0. The number of nitrogens with zero attached hydrogens (tertiary/aromatic N) is 1. The molecule has 2 amide bonds. The molecule has 0 unspecified atom stereocenters. The largest absolute Gasteiger partial charge is 0.489 e. The number of amides is 2. The van der Waals surface area contributed by atoms with Gasteiger partial charge in [0.25, 0.3) is 11.8 Å². The van der Waals surface area contributed by atoms with E-state index in [0.717, 1.165) is 5.57 Å². The Morgan fingerprint density at radius 2 is 2.00 bits per heavy atom. The van der Waals surface area contributed by atoms with Gasteiger partial charge in [0.1, 0.15) is 29.9 Å². The number of aliphatic imine (C=N–C) groups is 1. The highest BCUT2D eigenvalue weighted by atomic mass is 19.1. The number of hydrogen-bond acceptors (Lipinski definition) is 4. The third-order valence-electron chi connectivity index (χ3n) is 4.57. The zero-order chi connectivity index (χ0) is 19.5. The SMILES string of the molecule is O=C(N[C@H]1COc2ccccc2NC1=O)C1=NCC(Cc2ccccc2F)=C1. The van der Waals surface area contributed by atoms with E-state index in [1.54, 1.807) is 48.5 Å².